The number of carboxylic acid groups (broad SMARTS) is 1. The number of nitrogens with two attached hydrogens (primary N) is 1. The van der Waals surface area contributed by atoms with Gasteiger partial charge in [-0.05, 0) is 31.5 Å². The van der Waals surface area contributed by atoms with Crippen LogP contribution in [0.5, 0.6) is 5.75 Å². The average molecular weight is 296 g/mol. The van der Waals surface area contributed by atoms with Gasteiger partial charge < -0.3 is 26.0 Å². The normalized spacial score (nSPS) is 13.3. The first-order valence-corrected chi connectivity index (χ1v) is 6.60. The molecule has 0 aliphatic carbocycles. The number of carboxylic acids is 1. The topological polar surface area (TPSA) is 122 Å². The van der Waals surface area contributed by atoms with Gasteiger partial charge in [-0.15, -0.1) is 0 Å². The van der Waals surface area contributed by atoms with Crippen LogP contribution < -0.4 is 15.8 Å². The summed E-state index contributed by atoms with van der Waals surface area (Å²) in [7, 11) is 0. The molecule has 2 unspecified atom stereocenters. The average Bonchev–Trinajstić information content (AvgIpc) is 2.42. The lowest BCUT2D eigenvalue weighted by atomic mass is 10.1. The molecular weight excluding hydrogens is 276 g/mol. The van der Waals surface area contributed by atoms with E-state index in [0.29, 0.717) is 18.0 Å². The number of nitrogen functional groups attached to an aromatic ring is 1. The van der Waals surface area contributed by atoms with Gasteiger partial charge in [-0.25, -0.2) is 4.79 Å². The molecule has 7 nitrogen and oxygen atoms in total. The van der Waals surface area contributed by atoms with Gasteiger partial charge in [-0.3, -0.25) is 4.79 Å². The van der Waals surface area contributed by atoms with Crippen molar-refractivity contribution < 1.29 is 24.5 Å². The minimum Gasteiger partial charge on any atom is -0.491 e. The summed E-state index contributed by atoms with van der Waals surface area (Å²) in [6.07, 6.45) is -0.382. The van der Waals surface area contributed by atoms with Gasteiger partial charge in [-0.2, -0.15) is 0 Å². The Morgan fingerprint density at radius 1 is 1.43 bits per heavy atom. The molecule has 1 amide bonds. The third-order valence-electron chi connectivity index (χ3n) is 2.77. The molecule has 116 valence electrons. The first kappa shape index (κ1) is 16.8. The quantitative estimate of drug-likeness (QED) is 0.547. The second-order valence-corrected chi connectivity index (χ2v) is 4.63. The summed E-state index contributed by atoms with van der Waals surface area (Å²) in [5, 5.41) is 20.5. The molecule has 0 bridgehead atoms. The van der Waals surface area contributed by atoms with Crippen LogP contribution in [0, 0.1) is 0 Å². The lowest BCUT2D eigenvalue weighted by molar-refractivity contribution is -0.141. The number of aliphatic carboxylic acids is 1. The van der Waals surface area contributed by atoms with Gasteiger partial charge in [0.1, 0.15) is 5.75 Å². The number of nitrogens with one attached hydrogen (secondary N) is 1. The summed E-state index contributed by atoms with van der Waals surface area (Å²) in [4.78, 5) is 22.9. The zero-order valence-corrected chi connectivity index (χ0v) is 12.0. The van der Waals surface area contributed by atoms with E-state index in [4.69, 9.17) is 15.6 Å². The van der Waals surface area contributed by atoms with Gasteiger partial charge in [0.05, 0.1) is 18.4 Å². The van der Waals surface area contributed by atoms with Crippen LogP contribution in [0.4, 0.5) is 5.69 Å². The van der Waals surface area contributed by atoms with Crippen LogP contribution in [0.2, 0.25) is 0 Å². The van der Waals surface area contributed by atoms with Crippen molar-refractivity contribution in [1.82, 2.24) is 5.32 Å². The van der Waals surface area contributed by atoms with E-state index in [1.807, 2.05) is 6.92 Å². The molecule has 0 aromatic heterocycles. The molecule has 1 aromatic carbocycles. The van der Waals surface area contributed by atoms with Crippen molar-refractivity contribution in [2.45, 2.75) is 32.4 Å². The minimum absolute atomic E-state index is 0.197. The molecule has 1 rings (SSSR count). The summed E-state index contributed by atoms with van der Waals surface area (Å²) in [6.45, 7) is 3.76. The molecule has 0 spiro atoms. The number of anilines is 1. The van der Waals surface area contributed by atoms with Crippen molar-refractivity contribution in [1.29, 1.82) is 0 Å². The van der Waals surface area contributed by atoms with E-state index in [-0.39, 0.29) is 5.56 Å². The number of carbonyl (C=O) groups is 2. The standard InChI is InChI=1S/C14H20N2O5/c1-3-6-21-11-5-4-9(7-10(11)15)13(18)16-12(8(2)17)14(19)20/h4-5,7-8,12,17H,3,6,15H2,1-2H3,(H,16,18)(H,19,20). The van der Waals surface area contributed by atoms with Gasteiger partial charge in [0, 0.05) is 5.56 Å². The van der Waals surface area contributed by atoms with Gasteiger partial charge in [0.15, 0.2) is 6.04 Å². The monoisotopic (exact) mass is 296 g/mol. The third kappa shape index (κ3) is 4.64. The number of hydrogen-bond donors (Lipinski definition) is 4. The number of amides is 1. The number of benzene rings is 1. The summed E-state index contributed by atoms with van der Waals surface area (Å²) in [6, 6.07) is 3.06. The molecule has 0 saturated carbocycles. The lowest BCUT2D eigenvalue weighted by Gasteiger charge is -2.17. The van der Waals surface area contributed by atoms with Crippen molar-refractivity contribution in [3.05, 3.63) is 23.8 Å². The summed E-state index contributed by atoms with van der Waals surface area (Å²) >= 11 is 0. The molecule has 1 aromatic rings. The molecule has 21 heavy (non-hydrogen) atoms. The van der Waals surface area contributed by atoms with Crippen molar-refractivity contribution in [2.75, 3.05) is 12.3 Å². The fourth-order valence-corrected chi connectivity index (χ4v) is 1.65. The van der Waals surface area contributed by atoms with Gasteiger partial charge in [0.25, 0.3) is 5.91 Å². The number of carbonyl (C=O) groups excluding carboxylic acids is 1. The first-order chi connectivity index (χ1) is 9.86. The zero-order chi connectivity index (χ0) is 16.0. The highest BCUT2D eigenvalue weighted by Gasteiger charge is 2.25. The minimum atomic E-state index is -1.38. The molecule has 0 heterocycles. The predicted octanol–water partition coefficient (Wildman–Crippen LogP) is 0.621. The zero-order valence-electron chi connectivity index (χ0n) is 12.0. The van der Waals surface area contributed by atoms with Crippen molar-refractivity contribution in [3.8, 4) is 5.75 Å². The maximum Gasteiger partial charge on any atom is 0.328 e. The van der Waals surface area contributed by atoms with Gasteiger partial charge in [-0.1, -0.05) is 6.92 Å². The van der Waals surface area contributed by atoms with Crippen LogP contribution in [-0.2, 0) is 4.79 Å². The Morgan fingerprint density at radius 3 is 2.57 bits per heavy atom. The number of hydrogen-bond acceptors (Lipinski definition) is 5. The van der Waals surface area contributed by atoms with Crippen molar-refractivity contribution >= 4 is 17.6 Å². The highest BCUT2D eigenvalue weighted by molar-refractivity contribution is 5.97. The molecular formula is C14H20N2O5. The molecule has 5 N–H and O–H groups in total. The highest BCUT2D eigenvalue weighted by Crippen LogP contribution is 2.22. The maximum absolute atomic E-state index is 12.0. The fraction of sp³-hybridized carbons (Fsp3) is 0.429. The van der Waals surface area contributed by atoms with Crippen LogP contribution in [0.1, 0.15) is 30.6 Å². The smallest absolute Gasteiger partial charge is 0.328 e. The number of rotatable bonds is 7. The van der Waals surface area contributed by atoms with E-state index < -0.39 is 24.0 Å². The lowest BCUT2D eigenvalue weighted by Crippen LogP contribution is -2.47. The highest BCUT2D eigenvalue weighted by atomic mass is 16.5. The fourth-order valence-electron chi connectivity index (χ4n) is 1.65. The summed E-state index contributed by atoms with van der Waals surface area (Å²) < 4.78 is 5.39. The van der Waals surface area contributed by atoms with Crippen LogP contribution in [0.3, 0.4) is 0 Å². The molecule has 0 fully saturated rings. The number of ether oxygens (including phenoxy) is 1. The van der Waals surface area contributed by atoms with Crippen molar-refractivity contribution in [2.24, 2.45) is 0 Å². The molecule has 2 atom stereocenters. The second-order valence-electron chi connectivity index (χ2n) is 4.63. The first-order valence-electron chi connectivity index (χ1n) is 6.60. The molecule has 7 heteroatoms. The van der Waals surface area contributed by atoms with E-state index >= 15 is 0 Å². The van der Waals surface area contributed by atoms with E-state index in [0.717, 1.165) is 6.42 Å². The molecule has 0 radical (unpaired) electrons. The molecule has 0 saturated heterocycles. The van der Waals surface area contributed by atoms with E-state index in [2.05, 4.69) is 5.32 Å². The Balaban J connectivity index is 2.83. The number of aliphatic hydroxyl groups is 1. The Morgan fingerprint density at radius 2 is 2.10 bits per heavy atom. The molecule has 0 aliphatic rings. The SMILES string of the molecule is CCCOc1ccc(C(=O)NC(C(=O)O)C(C)O)cc1N. The van der Waals surface area contributed by atoms with Gasteiger partial charge >= 0.3 is 5.97 Å². The van der Waals surface area contributed by atoms with Gasteiger partial charge in [0.2, 0.25) is 0 Å². The summed E-state index contributed by atoms with van der Waals surface area (Å²) in [5.74, 6) is -1.47. The Bertz CT molecular complexity index is 516. The largest absolute Gasteiger partial charge is 0.491 e. The molecule has 0 aliphatic heterocycles. The van der Waals surface area contributed by atoms with Crippen LogP contribution in [0.15, 0.2) is 18.2 Å². The van der Waals surface area contributed by atoms with E-state index in [1.165, 1.54) is 19.1 Å². The maximum atomic E-state index is 12.0. The van der Waals surface area contributed by atoms with E-state index in [9.17, 15) is 14.7 Å². The van der Waals surface area contributed by atoms with Crippen LogP contribution in [-0.4, -0.2) is 40.8 Å². The predicted molar refractivity (Wildman–Crippen MR) is 77.2 cm³/mol. The van der Waals surface area contributed by atoms with Crippen LogP contribution >= 0.6 is 0 Å². The Kier molecular flexibility index (Phi) is 5.98. The van der Waals surface area contributed by atoms with E-state index in [1.54, 1.807) is 6.07 Å². The summed E-state index contributed by atoms with van der Waals surface area (Å²) in [5.41, 5.74) is 6.27. The van der Waals surface area contributed by atoms with Crippen molar-refractivity contribution in [3.63, 3.8) is 0 Å². The van der Waals surface area contributed by atoms with Crippen LogP contribution in [0.25, 0.3) is 0 Å². The second kappa shape index (κ2) is 7.49. The Hall–Kier alpha value is -2.28. The Labute approximate surface area is 122 Å². The number of aliphatic hydroxyl groups excluding tert-OH is 1. The third-order valence-corrected chi connectivity index (χ3v) is 2.77.